The van der Waals surface area contributed by atoms with Gasteiger partial charge in [-0.05, 0) is 23.6 Å². The van der Waals surface area contributed by atoms with Crippen LogP contribution in [0.15, 0.2) is 73.1 Å². The summed E-state index contributed by atoms with van der Waals surface area (Å²) in [5.74, 6) is 0.270. The average molecular weight is 445 g/mol. The highest BCUT2D eigenvalue weighted by Gasteiger charge is 2.31. The molecule has 1 aliphatic rings. The van der Waals surface area contributed by atoms with Gasteiger partial charge < -0.3 is 14.5 Å². The smallest absolute Gasteiger partial charge is 0.373 e. The third-order valence-corrected chi connectivity index (χ3v) is 5.68. The van der Waals surface area contributed by atoms with Crippen molar-refractivity contribution in [3.8, 4) is 11.6 Å². The number of rotatable bonds is 5. The minimum atomic E-state index is -0.515. The van der Waals surface area contributed by atoms with Crippen LogP contribution < -0.4 is 14.5 Å². The highest BCUT2D eigenvalue weighted by Crippen LogP contribution is 2.38. The van der Waals surface area contributed by atoms with E-state index in [-0.39, 0.29) is 23.2 Å². The van der Waals surface area contributed by atoms with Crippen LogP contribution in [0.25, 0.3) is 10.8 Å². The molecule has 9 heteroatoms. The van der Waals surface area contributed by atoms with Crippen molar-refractivity contribution in [3.05, 3.63) is 89.0 Å². The molecule has 3 aromatic carbocycles. The quantitative estimate of drug-likeness (QED) is 0.322. The molecule has 8 nitrogen and oxygen atoms in total. The Balaban J connectivity index is 1.43. The molecule has 33 heavy (non-hydrogen) atoms. The molecule has 0 aliphatic carbocycles. The van der Waals surface area contributed by atoms with E-state index in [0.717, 1.165) is 10.8 Å². The Bertz CT molecular complexity index is 1320. The molecule has 0 amide bonds. The molecule has 1 saturated heterocycles. The molecule has 4 aromatic rings. The fourth-order valence-electron chi connectivity index (χ4n) is 4.08. The lowest BCUT2D eigenvalue weighted by Gasteiger charge is -2.36. The van der Waals surface area contributed by atoms with Gasteiger partial charge in [-0.2, -0.15) is 4.98 Å². The Hall–Kier alpha value is -4.27. The minimum absolute atomic E-state index is 0.113. The van der Waals surface area contributed by atoms with Gasteiger partial charge >= 0.3 is 11.6 Å². The van der Waals surface area contributed by atoms with Crippen molar-refractivity contribution in [3.63, 3.8) is 0 Å². The number of halogens is 1. The number of benzene rings is 3. The third-order valence-electron chi connectivity index (χ3n) is 5.68. The molecule has 0 bridgehead atoms. The number of ether oxygens (including phenoxy) is 1. The summed E-state index contributed by atoms with van der Waals surface area (Å²) in [5, 5.41) is 13.8. The SMILES string of the molecule is O=[N+]([O-])c1c(Oc2cccc3ccccc23)ncnc1N1CCN(c2ccccc2F)CC1. The van der Waals surface area contributed by atoms with Crippen LogP contribution in [-0.4, -0.2) is 41.1 Å². The van der Waals surface area contributed by atoms with E-state index in [1.807, 2.05) is 46.2 Å². The molecule has 2 heterocycles. The predicted molar refractivity (Wildman–Crippen MR) is 124 cm³/mol. The summed E-state index contributed by atoms with van der Waals surface area (Å²) in [5.41, 5.74) is 0.235. The normalized spacial score (nSPS) is 13.8. The van der Waals surface area contributed by atoms with Gasteiger partial charge in [0.05, 0.1) is 10.6 Å². The number of nitrogens with zero attached hydrogens (tertiary/aromatic N) is 5. The van der Waals surface area contributed by atoms with Gasteiger partial charge in [-0.3, -0.25) is 10.1 Å². The van der Waals surface area contributed by atoms with Crippen LogP contribution in [0.2, 0.25) is 0 Å². The Morgan fingerprint density at radius 2 is 1.58 bits per heavy atom. The summed E-state index contributed by atoms with van der Waals surface area (Å²) in [6, 6.07) is 19.7. The molecule has 0 radical (unpaired) electrons. The van der Waals surface area contributed by atoms with Gasteiger partial charge in [-0.25, -0.2) is 9.37 Å². The van der Waals surface area contributed by atoms with Crippen molar-refractivity contribution in [2.24, 2.45) is 0 Å². The number of anilines is 2. The number of hydrogen-bond donors (Lipinski definition) is 0. The van der Waals surface area contributed by atoms with Gasteiger partial charge in [0.25, 0.3) is 0 Å². The van der Waals surface area contributed by atoms with E-state index < -0.39 is 4.92 Å². The summed E-state index contributed by atoms with van der Waals surface area (Å²) in [6.45, 7) is 1.89. The summed E-state index contributed by atoms with van der Waals surface area (Å²) in [4.78, 5) is 23.5. The Kier molecular flexibility index (Phi) is 5.43. The van der Waals surface area contributed by atoms with E-state index in [4.69, 9.17) is 4.74 Å². The topological polar surface area (TPSA) is 84.6 Å². The second kappa shape index (κ2) is 8.70. The standard InChI is InChI=1S/C24H20FN5O3/c25-19-9-3-4-10-20(19)28-12-14-29(15-13-28)23-22(30(31)32)24(27-16-26-23)33-21-11-5-7-17-6-1-2-8-18(17)21/h1-11,16H,12-15H2. The number of hydrogen-bond acceptors (Lipinski definition) is 7. The molecule has 0 N–H and O–H groups in total. The van der Waals surface area contributed by atoms with Crippen LogP contribution in [0.1, 0.15) is 0 Å². The number of aromatic nitrogens is 2. The maximum Gasteiger partial charge on any atom is 0.373 e. The Labute approximate surface area is 189 Å². The van der Waals surface area contributed by atoms with Crippen molar-refractivity contribution < 1.29 is 14.1 Å². The number of piperazine rings is 1. The Morgan fingerprint density at radius 1 is 0.879 bits per heavy atom. The summed E-state index contributed by atoms with van der Waals surface area (Å²) in [6.07, 6.45) is 1.27. The predicted octanol–water partition coefficient (Wildman–Crippen LogP) is 4.80. The van der Waals surface area contributed by atoms with Crippen molar-refractivity contribution in [2.45, 2.75) is 0 Å². The van der Waals surface area contributed by atoms with E-state index in [1.54, 1.807) is 24.3 Å². The van der Waals surface area contributed by atoms with Gasteiger partial charge in [0.1, 0.15) is 17.9 Å². The van der Waals surface area contributed by atoms with E-state index in [1.165, 1.54) is 12.4 Å². The molecule has 166 valence electrons. The molecule has 0 unspecified atom stereocenters. The largest absolute Gasteiger partial charge is 0.433 e. The van der Waals surface area contributed by atoms with Crippen molar-refractivity contribution in [2.75, 3.05) is 36.0 Å². The first-order valence-electron chi connectivity index (χ1n) is 10.5. The third kappa shape index (κ3) is 4.00. The molecule has 0 saturated carbocycles. The highest BCUT2D eigenvalue weighted by molar-refractivity contribution is 5.88. The van der Waals surface area contributed by atoms with E-state index in [2.05, 4.69) is 9.97 Å². The molecule has 1 aliphatic heterocycles. The zero-order valence-electron chi connectivity index (χ0n) is 17.6. The lowest BCUT2D eigenvalue weighted by molar-refractivity contribution is -0.385. The van der Waals surface area contributed by atoms with Crippen molar-refractivity contribution in [1.82, 2.24) is 9.97 Å². The minimum Gasteiger partial charge on any atom is -0.433 e. The van der Waals surface area contributed by atoms with E-state index in [0.29, 0.717) is 37.6 Å². The molecular weight excluding hydrogens is 425 g/mol. The molecule has 0 atom stereocenters. The van der Waals surface area contributed by atoms with Gasteiger partial charge in [0.2, 0.25) is 5.82 Å². The number of nitro groups is 1. The first-order chi connectivity index (χ1) is 16.1. The second-order valence-electron chi connectivity index (χ2n) is 7.61. The van der Waals surface area contributed by atoms with Gasteiger partial charge in [0, 0.05) is 31.6 Å². The zero-order chi connectivity index (χ0) is 22.8. The second-order valence-corrected chi connectivity index (χ2v) is 7.61. The lowest BCUT2D eigenvalue weighted by atomic mass is 10.1. The molecule has 5 rings (SSSR count). The van der Waals surface area contributed by atoms with Gasteiger partial charge in [0.15, 0.2) is 0 Å². The summed E-state index contributed by atoms with van der Waals surface area (Å²) >= 11 is 0. The zero-order valence-corrected chi connectivity index (χ0v) is 17.6. The fraction of sp³-hybridized carbons (Fsp3) is 0.167. The van der Waals surface area contributed by atoms with E-state index >= 15 is 0 Å². The first kappa shape index (κ1) is 20.6. The Morgan fingerprint density at radius 3 is 2.36 bits per heavy atom. The monoisotopic (exact) mass is 445 g/mol. The maximum absolute atomic E-state index is 14.2. The van der Waals surface area contributed by atoms with Crippen LogP contribution in [0.4, 0.5) is 21.6 Å². The maximum atomic E-state index is 14.2. The van der Waals surface area contributed by atoms with Crippen LogP contribution in [0.3, 0.4) is 0 Å². The molecular formula is C24H20FN5O3. The van der Waals surface area contributed by atoms with Crippen LogP contribution >= 0.6 is 0 Å². The highest BCUT2D eigenvalue weighted by atomic mass is 19.1. The summed E-state index contributed by atoms with van der Waals surface area (Å²) in [7, 11) is 0. The fourth-order valence-corrected chi connectivity index (χ4v) is 4.08. The van der Waals surface area contributed by atoms with Crippen LogP contribution in [0.5, 0.6) is 11.6 Å². The van der Waals surface area contributed by atoms with Crippen molar-refractivity contribution in [1.29, 1.82) is 0 Å². The van der Waals surface area contributed by atoms with Gasteiger partial charge in [-0.15, -0.1) is 0 Å². The van der Waals surface area contributed by atoms with Crippen LogP contribution in [0, 0.1) is 15.9 Å². The molecule has 0 spiro atoms. The summed E-state index contributed by atoms with van der Waals surface area (Å²) < 4.78 is 20.1. The van der Waals surface area contributed by atoms with E-state index in [9.17, 15) is 14.5 Å². The number of fused-ring (bicyclic) bond motifs is 1. The van der Waals surface area contributed by atoms with Gasteiger partial charge in [-0.1, -0.05) is 48.5 Å². The first-order valence-corrected chi connectivity index (χ1v) is 10.5. The lowest BCUT2D eigenvalue weighted by Crippen LogP contribution is -2.47. The molecule has 1 fully saturated rings. The van der Waals surface area contributed by atoms with Crippen molar-refractivity contribution >= 4 is 28.0 Å². The van der Waals surface area contributed by atoms with Crippen LogP contribution in [-0.2, 0) is 0 Å². The molecule has 1 aromatic heterocycles. The average Bonchev–Trinajstić information content (AvgIpc) is 2.84. The number of para-hydroxylation sites is 1.